The normalized spacial score (nSPS) is 11.7. The summed E-state index contributed by atoms with van der Waals surface area (Å²) in [5.41, 5.74) is 1.74. The molecule has 6 heteroatoms. The van der Waals surface area contributed by atoms with Gasteiger partial charge in [-0.3, -0.25) is 0 Å². The van der Waals surface area contributed by atoms with Crippen LogP contribution in [0.25, 0.3) is 0 Å². The van der Waals surface area contributed by atoms with E-state index in [2.05, 4.69) is 4.72 Å². The molecule has 4 nitrogen and oxygen atoms in total. The zero-order valence-corrected chi connectivity index (χ0v) is 12.2. The summed E-state index contributed by atoms with van der Waals surface area (Å²) in [5.74, 6) is 0.471. The molecule has 0 atom stereocenters. The molecule has 102 valence electrons. The molecule has 0 saturated carbocycles. The fourth-order valence-electron chi connectivity index (χ4n) is 1.79. The molecule has 2 rings (SSSR count). The first-order chi connectivity index (χ1) is 8.88. The molecule has 1 aromatic heterocycles. The van der Waals surface area contributed by atoms with Crippen molar-refractivity contribution in [1.29, 1.82) is 0 Å². The minimum absolute atomic E-state index is 0.0718. The second-order valence-electron chi connectivity index (χ2n) is 4.30. The highest BCUT2D eigenvalue weighted by atomic mass is 35.5. The Hall–Kier alpha value is -1.30. The maximum Gasteiger partial charge on any atom is 0.241 e. The SMILES string of the molecule is Cc1ccc(S(=O)(=O)NCc2ccc(Cl)o2)c(C)c1. The molecule has 0 unspecified atom stereocenters. The molecule has 0 saturated heterocycles. The van der Waals surface area contributed by atoms with Gasteiger partial charge >= 0.3 is 0 Å². The second-order valence-corrected chi connectivity index (χ2v) is 6.41. The van der Waals surface area contributed by atoms with E-state index < -0.39 is 10.0 Å². The molecule has 0 bridgehead atoms. The molecular formula is C13H14ClNO3S. The quantitative estimate of drug-likeness (QED) is 0.944. The highest BCUT2D eigenvalue weighted by Crippen LogP contribution is 2.18. The molecule has 0 aliphatic heterocycles. The third-order valence-electron chi connectivity index (χ3n) is 2.69. The molecule has 0 aliphatic carbocycles. The van der Waals surface area contributed by atoms with E-state index in [0.717, 1.165) is 5.56 Å². The first-order valence-electron chi connectivity index (χ1n) is 5.69. The van der Waals surface area contributed by atoms with E-state index >= 15 is 0 Å². The van der Waals surface area contributed by atoms with E-state index in [-0.39, 0.29) is 16.7 Å². The van der Waals surface area contributed by atoms with Crippen molar-refractivity contribution in [3.8, 4) is 0 Å². The maximum atomic E-state index is 12.2. The summed E-state index contributed by atoms with van der Waals surface area (Å²) >= 11 is 5.63. The minimum Gasteiger partial charge on any atom is -0.448 e. The number of hydrogen-bond donors (Lipinski definition) is 1. The first-order valence-corrected chi connectivity index (χ1v) is 7.56. The fourth-order valence-corrected chi connectivity index (χ4v) is 3.17. The molecule has 2 aromatic rings. The first kappa shape index (κ1) is 14.1. The third kappa shape index (κ3) is 3.37. The Morgan fingerprint density at radius 1 is 1.21 bits per heavy atom. The number of sulfonamides is 1. The van der Waals surface area contributed by atoms with Crippen molar-refractivity contribution < 1.29 is 12.8 Å². The topological polar surface area (TPSA) is 59.3 Å². The number of hydrogen-bond acceptors (Lipinski definition) is 3. The van der Waals surface area contributed by atoms with Crippen LogP contribution in [0.1, 0.15) is 16.9 Å². The van der Waals surface area contributed by atoms with Crippen molar-refractivity contribution in [1.82, 2.24) is 4.72 Å². The molecule has 0 aliphatic rings. The van der Waals surface area contributed by atoms with Crippen LogP contribution in [0, 0.1) is 13.8 Å². The molecule has 19 heavy (non-hydrogen) atoms. The molecule has 0 fully saturated rings. The Bertz CT molecular complexity index is 692. The standard InChI is InChI=1S/C13H14ClNO3S/c1-9-3-5-12(10(2)7-9)19(16,17)15-8-11-4-6-13(14)18-11/h3-7,15H,8H2,1-2H3. The fraction of sp³-hybridized carbons (Fsp3) is 0.231. The van der Waals surface area contributed by atoms with Gasteiger partial charge in [-0.2, -0.15) is 0 Å². The predicted molar refractivity (Wildman–Crippen MR) is 73.7 cm³/mol. The van der Waals surface area contributed by atoms with Crippen LogP contribution < -0.4 is 4.72 Å². The van der Waals surface area contributed by atoms with Crippen molar-refractivity contribution in [2.45, 2.75) is 25.3 Å². The number of aryl methyl sites for hydroxylation is 2. The number of furan rings is 1. The number of halogens is 1. The summed E-state index contributed by atoms with van der Waals surface area (Å²) in [6.45, 7) is 3.76. The lowest BCUT2D eigenvalue weighted by Crippen LogP contribution is -2.23. The van der Waals surface area contributed by atoms with Crippen LogP contribution in [0.15, 0.2) is 39.6 Å². The van der Waals surface area contributed by atoms with E-state index in [1.54, 1.807) is 31.2 Å². The van der Waals surface area contributed by atoms with Gasteiger partial charge < -0.3 is 4.42 Å². The van der Waals surface area contributed by atoms with Crippen molar-refractivity contribution in [3.05, 3.63) is 52.4 Å². The van der Waals surface area contributed by atoms with Crippen LogP contribution in [0.3, 0.4) is 0 Å². The number of nitrogens with one attached hydrogen (secondary N) is 1. The van der Waals surface area contributed by atoms with E-state index in [4.69, 9.17) is 16.0 Å². The summed E-state index contributed by atoms with van der Waals surface area (Å²) in [4.78, 5) is 0.274. The lowest BCUT2D eigenvalue weighted by Gasteiger charge is -2.09. The lowest BCUT2D eigenvalue weighted by molar-refractivity contribution is 0.500. The molecule has 1 heterocycles. The lowest BCUT2D eigenvalue weighted by atomic mass is 10.2. The molecule has 0 radical (unpaired) electrons. The molecular weight excluding hydrogens is 286 g/mol. The zero-order chi connectivity index (χ0) is 14.0. The maximum absolute atomic E-state index is 12.2. The van der Waals surface area contributed by atoms with Gasteiger partial charge in [0.25, 0.3) is 0 Å². The van der Waals surface area contributed by atoms with Crippen LogP contribution in [0.2, 0.25) is 5.22 Å². The monoisotopic (exact) mass is 299 g/mol. The Balaban J connectivity index is 2.18. The van der Waals surface area contributed by atoms with Crippen LogP contribution in [-0.4, -0.2) is 8.42 Å². The molecule has 0 amide bonds. The number of benzene rings is 1. The van der Waals surface area contributed by atoms with Gasteiger partial charge in [0.2, 0.25) is 10.0 Å². The third-order valence-corrected chi connectivity index (χ3v) is 4.45. The Labute approximate surface area is 117 Å². The van der Waals surface area contributed by atoms with Gasteiger partial charge in [0.05, 0.1) is 11.4 Å². The highest BCUT2D eigenvalue weighted by Gasteiger charge is 2.17. The molecule has 1 aromatic carbocycles. The average Bonchev–Trinajstić information content (AvgIpc) is 2.72. The van der Waals surface area contributed by atoms with Crippen LogP contribution in [0.4, 0.5) is 0 Å². The van der Waals surface area contributed by atoms with Crippen molar-refractivity contribution in [2.75, 3.05) is 0 Å². The Morgan fingerprint density at radius 2 is 1.95 bits per heavy atom. The summed E-state index contributed by atoms with van der Waals surface area (Å²) in [6, 6.07) is 8.40. The summed E-state index contributed by atoms with van der Waals surface area (Å²) < 4.78 is 31.9. The van der Waals surface area contributed by atoms with E-state index in [1.165, 1.54) is 0 Å². The van der Waals surface area contributed by atoms with Gasteiger partial charge in [-0.1, -0.05) is 17.7 Å². The summed E-state index contributed by atoms with van der Waals surface area (Å²) in [7, 11) is -3.55. The largest absolute Gasteiger partial charge is 0.448 e. The predicted octanol–water partition coefficient (Wildman–Crippen LogP) is 3.03. The second kappa shape index (κ2) is 5.36. The van der Waals surface area contributed by atoms with E-state index in [9.17, 15) is 8.42 Å². The van der Waals surface area contributed by atoms with Gasteiger partial charge in [0.1, 0.15) is 5.76 Å². The minimum atomic E-state index is -3.55. The van der Waals surface area contributed by atoms with Crippen LogP contribution in [-0.2, 0) is 16.6 Å². The Kier molecular flexibility index (Phi) is 3.99. The average molecular weight is 300 g/mol. The van der Waals surface area contributed by atoms with Gasteiger partial charge in [0.15, 0.2) is 5.22 Å². The Morgan fingerprint density at radius 3 is 2.53 bits per heavy atom. The van der Waals surface area contributed by atoms with Crippen molar-refractivity contribution in [2.24, 2.45) is 0 Å². The zero-order valence-electron chi connectivity index (χ0n) is 10.6. The molecule has 1 N–H and O–H groups in total. The van der Waals surface area contributed by atoms with Crippen molar-refractivity contribution >= 4 is 21.6 Å². The smallest absolute Gasteiger partial charge is 0.241 e. The van der Waals surface area contributed by atoms with Gasteiger partial charge in [-0.25, -0.2) is 13.1 Å². The summed E-state index contributed by atoms with van der Waals surface area (Å²) in [5, 5.41) is 0.237. The van der Waals surface area contributed by atoms with Gasteiger partial charge in [-0.15, -0.1) is 0 Å². The van der Waals surface area contributed by atoms with E-state index in [1.807, 2.05) is 13.0 Å². The van der Waals surface area contributed by atoms with Gasteiger partial charge in [0, 0.05) is 0 Å². The van der Waals surface area contributed by atoms with Crippen LogP contribution >= 0.6 is 11.6 Å². The van der Waals surface area contributed by atoms with Gasteiger partial charge in [-0.05, 0) is 49.2 Å². The van der Waals surface area contributed by atoms with Crippen LogP contribution in [0.5, 0.6) is 0 Å². The van der Waals surface area contributed by atoms with E-state index in [0.29, 0.717) is 11.3 Å². The van der Waals surface area contributed by atoms with Crippen molar-refractivity contribution in [3.63, 3.8) is 0 Å². The molecule has 0 spiro atoms. The summed E-state index contributed by atoms with van der Waals surface area (Å²) in [6.07, 6.45) is 0. The number of rotatable bonds is 4. The highest BCUT2D eigenvalue weighted by molar-refractivity contribution is 7.89.